The van der Waals surface area contributed by atoms with Gasteiger partial charge in [0.15, 0.2) is 0 Å². The molecule has 20 heavy (non-hydrogen) atoms. The largest absolute Gasteiger partial charge is 0.492 e. The van der Waals surface area contributed by atoms with Crippen molar-refractivity contribution in [3.8, 4) is 5.75 Å². The Morgan fingerprint density at radius 1 is 1.25 bits per heavy atom. The highest BCUT2D eigenvalue weighted by molar-refractivity contribution is 5.34. The van der Waals surface area contributed by atoms with Crippen molar-refractivity contribution in [3.05, 3.63) is 42.5 Å². The van der Waals surface area contributed by atoms with Crippen molar-refractivity contribution in [2.45, 2.75) is 45.1 Å². The van der Waals surface area contributed by atoms with E-state index in [1.807, 2.05) is 24.3 Å². The molecule has 2 nitrogen and oxygen atoms in total. The average molecular weight is 273 g/mol. The van der Waals surface area contributed by atoms with Crippen LogP contribution in [0.5, 0.6) is 5.75 Å². The van der Waals surface area contributed by atoms with Gasteiger partial charge in [-0.2, -0.15) is 0 Å². The first kappa shape index (κ1) is 15.1. The first-order valence-electron chi connectivity index (χ1n) is 7.84. The number of para-hydroxylation sites is 1. The van der Waals surface area contributed by atoms with E-state index in [0.717, 1.165) is 31.2 Å². The number of allylic oxidation sites excluding steroid dienone is 1. The number of rotatable bonds is 7. The average Bonchev–Trinajstić information content (AvgIpc) is 2.47. The van der Waals surface area contributed by atoms with Crippen LogP contribution in [-0.4, -0.2) is 19.2 Å². The molecule has 110 valence electrons. The lowest BCUT2D eigenvalue weighted by Gasteiger charge is -2.27. The van der Waals surface area contributed by atoms with Gasteiger partial charge in [-0.25, -0.2) is 0 Å². The van der Waals surface area contributed by atoms with Crippen LogP contribution in [0.4, 0.5) is 0 Å². The molecule has 2 rings (SSSR count). The topological polar surface area (TPSA) is 21.3 Å². The summed E-state index contributed by atoms with van der Waals surface area (Å²) in [4.78, 5) is 0. The number of hydrogen-bond donors (Lipinski definition) is 1. The van der Waals surface area contributed by atoms with Crippen molar-refractivity contribution in [2.75, 3.05) is 13.2 Å². The Kier molecular flexibility index (Phi) is 6.13. The molecule has 1 saturated carbocycles. The predicted octanol–water partition coefficient (Wildman–Crippen LogP) is 3.96. The zero-order valence-electron chi connectivity index (χ0n) is 12.6. The van der Waals surface area contributed by atoms with Crippen LogP contribution in [0.15, 0.2) is 36.9 Å². The lowest BCUT2D eigenvalue weighted by Crippen LogP contribution is -2.35. The Morgan fingerprint density at radius 3 is 2.75 bits per heavy atom. The molecule has 0 unspecified atom stereocenters. The second kappa shape index (κ2) is 8.11. The van der Waals surface area contributed by atoms with Crippen molar-refractivity contribution in [1.29, 1.82) is 0 Å². The lowest BCUT2D eigenvalue weighted by atomic mass is 9.87. The normalized spacial score (nSPS) is 22.4. The number of benzene rings is 1. The third-order valence-corrected chi connectivity index (χ3v) is 4.15. The van der Waals surface area contributed by atoms with Gasteiger partial charge in [0.05, 0.1) is 0 Å². The standard InChI is InChI=1S/C18H27NO/c1-3-6-16-7-4-5-8-18(16)20-14-13-19-17-11-9-15(2)10-12-17/h3-5,7-8,15,17,19H,1,6,9-14H2,2H3. The summed E-state index contributed by atoms with van der Waals surface area (Å²) in [6.45, 7) is 7.82. The second-order valence-corrected chi connectivity index (χ2v) is 5.86. The van der Waals surface area contributed by atoms with Gasteiger partial charge in [-0.05, 0) is 49.7 Å². The van der Waals surface area contributed by atoms with Crippen LogP contribution >= 0.6 is 0 Å². The van der Waals surface area contributed by atoms with Gasteiger partial charge in [-0.15, -0.1) is 6.58 Å². The third kappa shape index (κ3) is 4.68. The van der Waals surface area contributed by atoms with E-state index < -0.39 is 0 Å². The molecule has 0 radical (unpaired) electrons. The molecule has 1 aliphatic carbocycles. The summed E-state index contributed by atoms with van der Waals surface area (Å²) in [7, 11) is 0. The summed E-state index contributed by atoms with van der Waals surface area (Å²) in [6, 6.07) is 8.91. The summed E-state index contributed by atoms with van der Waals surface area (Å²) in [5, 5.41) is 3.62. The summed E-state index contributed by atoms with van der Waals surface area (Å²) in [6.07, 6.45) is 8.14. The van der Waals surface area contributed by atoms with Gasteiger partial charge in [0.2, 0.25) is 0 Å². The van der Waals surface area contributed by atoms with Crippen LogP contribution in [-0.2, 0) is 6.42 Å². The zero-order valence-corrected chi connectivity index (χ0v) is 12.6. The van der Waals surface area contributed by atoms with Gasteiger partial charge in [0.25, 0.3) is 0 Å². The van der Waals surface area contributed by atoms with Crippen LogP contribution in [0.25, 0.3) is 0 Å². The second-order valence-electron chi connectivity index (χ2n) is 5.86. The maximum atomic E-state index is 5.89. The summed E-state index contributed by atoms with van der Waals surface area (Å²) < 4.78 is 5.89. The Morgan fingerprint density at radius 2 is 2.00 bits per heavy atom. The smallest absolute Gasteiger partial charge is 0.122 e. The highest BCUT2D eigenvalue weighted by atomic mass is 16.5. The van der Waals surface area contributed by atoms with Crippen molar-refractivity contribution in [2.24, 2.45) is 5.92 Å². The third-order valence-electron chi connectivity index (χ3n) is 4.15. The Hall–Kier alpha value is -1.28. The van der Waals surface area contributed by atoms with Gasteiger partial charge in [-0.3, -0.25) is 0 Å². The predicted molar refractivity (Wildman–Crippen MR) is 85.3 cm³/mol. The fourth-order valence-electron chi connectivity index (χ4n) is 2.86. The minimum absolute atomic E-state index is 0.693. The molecule has 1 aromatic carbocycles. The first-order chi connectivity index (χ1) is 9.79. The molecule has 0 atom stereocenters. The molecule has 0 bridgehead atoms. The number of ether oxygens (including phenoxy) is 1. The summed E-state index contributed by atoms with van der Waals surface area (Å²) >= 11 is 0. The van der Waals surface area contributed by atoms with E-state index in [1.165, 1.54) is 31.2 Å². The molecule has 0 aromatic heterocycles. The van der Waals surface area contributed by atoms with E-state index in [2.05, 4.69) is 24.9 Å². The van der Waals surface area contributed by atoms with Crippen LogP contribution in [0.1, 0.15) is 38.2 Å². The van der Waals surface area contributed by atoms with Gasteiger partial charge in [-0.1, -0.05) is 31.2 Å². The van der Waals surface area contributed by atoms with E-state index in [4.69, 9.17) is 4.74 Å². The Labute approximate surface area is 123 Å². The quantitative estimate of drug-likeness (QED) is 0.599. The number of nitrogens with one attached hydrogen (secondary N) is 1. The van der Waals surface area contributed by atoms with Crippen LogP contribution in [0.3, 0.4) is 0 Å². The maximum absolute atomic E-state index is 5.89. The minimum Gasteiger partial charge on any atom is -0.492 e. The molecule has 1 fully saturated rings. The fourth-order valence-corrected chi connectivity index (χ4v) is 2.86. The molecular weight excluding hydrogens is 246 g/mol. The van der Waals surface area contributed by atoms with E-state index >= 15 is 0 Å². The molecule has 0 amide bonds. The molecule has 0 heterocycles. The summed E-state index contributed by atoms with van der Waals surface area (Å²) in [5.74, 6) is 1.90. The molecular formula is C18H27NO. The molecule has 0 saturated heterocycles. The SMILES string of the molecule is C=CCc1ccccc1OCCNC1CCC(C)CC1. The van der Waals surface area contributed by atoms with Crippen LogP contribution in [0.2, 0.25) is 0 Å². The van der Waals surface area contributed by atoms with Gasteiger partial charge >= 0.3 is 0 Å². The van der Waals surface area contributed by atoms with Crippen molar-refractivity contribution in [1.82, 2.24) is 5.32 Å². The van der Waals surface area contributed by atoms with Crippen molar-refractivity contribution in [3.63, 3.8) is 0 Å². The van der Waals surface area contributed by atoms with E-state index in [1.54, 1.807) is 0 Å². The molecule has 1 aromatic rings. The van der Waals surface area contributed by atoms with Crippen molar-refractivity contribution >= 4 is 0 Å². The molecule has 0 aliphatic heterocycles. The molecule has 0 spiro atoms. The van der Waals surface area contributed by atoms with Gasteiger partial charge in [0, 0.05) is 12.6 Å². The highest BCUT2D eigenvalue weighted by Gasteiger charge is 2.17. The molecule has 1 aliphatic rings. The molecule has 1 N–H and O–H groups in total. The lowest BCUT2D eigenvalue weighted by molar-refractivity contribution is 0.269. The maximum Gasteiger partial charge on any atom is 0.122 e. The van der Waals surface area contributed by atoms with Gasteiger partial charge < -0.3 is 10.1 Å². The Bertz CT molecular complexity index is 408. The highest BCUT2D eigenvalue weighted by Crippen LogP contribution is 2.23. The first-order valence-corrected chi connectivity index (χ1v) is 7.84. The van der Waals surface area contributed by atoms with E-state index in [9.17, 15) is 0 Å². The fraction of sp³-hybridized carbons (Fsp3) is 0.556. The van der Waals surface area contributed by atoms with Crippen LogP contribution in [0, 0.1) is 5.92 Å². The monoisotopic (exact) mass is 273 g/mol. The van der Waals surface area contributed by atoms with E-state index in [0.29, 0.717) is 6.04 Å². The van der Waals surface area contributed by atoms with E-state index in [-0.39, 0.29) is 0 Å². The van der Waals surface area contributed by atoms with Crippen molar-refractivity contribution < 1.29 is 4.74 Å². The van der Waals surface area contributed by atoms with Crippen LogP contribution < -0.4 is 10.1 Å². The Balaban J connectivity index is 1.69. The minimum atomic E-state index is 0.693. The zero-order chi connectivity index (χ0) is 14.2. The number of hydrogen-bond acceptors (Lipinski definition) is 2. The summed E-state index contributed by atoms with van der Waals surface area (Å²) in [5.41, 5.74) is 1.22. The van der Waals surface area contributed by atoms with Gasteiger partial charge in [0.1, 0.15) is 12.4 Å². The molecule has 2 heteroatoms.